The first-order chi connectivity index (χ1) is 8.22. The number of nitrogens with zero attached hydrogens (tertiary/aromatic N) is 1. The topological polar surface area (TPSA) is 42.4 Å². The molecular weight excluding hydrogens is 348 g/mol. The second-order valence-electron chi connectivity index (χ2n) is 4.47. The minimum atomic E-state index is 0.204. The Morgan fingerprint density at radius 2 is 1.88 bits per heavy atom. The number of hydrogen-bond acceptors (Lipinski definition) is 3. The monoisotopic (exact) mass is 364 g/mol. The molecule has 0 spiro atoms. The fourth-order valence-electron chi connectivity index (χ4n) is 2.38. The van der Waals surface area contributed by atoms with Crippen LogP contribution in [0, 0.1) is 0 Å². The molecule has 2 heterocycles. The van der Waals surface area contributed by atoms with Gasteiger partial charge >= 0.3 is 0 Å². The first-order valence-electron chi connectivity index (χ1n) is 6.11. The first kappa shape index (κ1) is 13.6. The van der Waals surface area contributed by atoms with Gasteiger partial charge in [0.1, 0.15) is 5.76 Å². The summed E-state index contributed by atoms with van der Waals surface area (Å²) in [7, 11) is 0. The Balaban J connectivity index is 2.13. The molecule has 3 nitrogen and oxygen atoms in total. The molecule has 1 aromatic heterocycles. The van der Waals surface area contributed by atoms with Crippen molar-refractivity contribution in [1.29, 1.82) is 0 Å². The quantitative estimate of drug-likeness (QED) is 0.888. The van der Waals surface area contributed by atoms with Gasteiger partial charge in [-0.25, -0.2) is 0 Å². The predicted molar refractivity (Wildman–Crippen MR) is 75.9 cm³/mol. The summed E-state index contributed by atoms with van der Waals surface area (Å²) >= 11 is 6.83. The number of halogens is 2. The van der Waals surface area contributed by atoms with Gasteiger partial charge in [0.2, 0.25) is 0 Å². The SMILES string of the molecule is NCC(c1cc(Br)c(Br)o1)N1CCCCCC1. The fraction of sp³-hybridized carbons (Fsp3) is 0.667. The van der Waals surface area contributed by atoms with Crippen molar-refractivity contribution >= 4 is 31.9 Å². The predicted octanol–water partition coefficient (Wildman–Crippen LogP) is 3.68. The Hall–Kier alpha value is 0.160. The van der Waals surface area contributed by atoms with Crippen LogP contribution in [0.1, 0.15) is 37.5 Å². The fourth-order valence-corrected chi connectivity index (χ4v) is 2.99. The maximum Gasteiger partial charge on any atom is 0.183 e. The van der Waals surface area contributed by atoms with E-state index in [0.717, 1.165) is 28.0 Å². The summed E-state index contributed by atoms with van der Waals surface area (Å²) in [6.07, 6.45) is 5.19. The van der Waals surface area contributed by atoms with Crippen LogP contribution < -0.4 is 5.73 Å². The highest BCUT2D eigenvalue weighted by Gasteiger charge is 2.23. The van der Waals surface area contributed by atoms with Crippen LogP contribution in [0.3, 0.4) is 0 Å². The highest BCUT2D eigenvalue weighted by Crippen LogP contribution is 2.32. The minimum Gasteiger partial charge on any atom is -0.451 e. The Morgan fingerprint density at radius 3 is 2.35 bits per heavy atom. The zero-order valence-electron chi connectivity index (χ0n) is 9.79. The molecule has 0 aliphatic carbocycles. The number of furan rings is 1. The van der Waals surface area contributed by atoms with E-state index in [9.17, 15) is 0 Å². The van der Waals surface area contributed by atoms with E-state index in [1.54, 1.807) is 0 Å². The lowest BCUT2D eigenvalue weighted by atomic mass is 10.2. The van der Waals surface area contributed by atoms with Crippen LogP contribution in [0.25, 0.3) is 0 Å². The molecule has 17 heavy (non-hydrogen) atoms. The third kappa shape index (κ3) is 3.34. The van der Waals surface area contributed by atoms with Gasteiger partial charge in [0.05, 0.1) is 10.5 Å². The maximum atomic E-state index is 5.91. The molecule has 1 saturated heterocycles. The van der Waals surface area contributed by atoms with Crippen LogP contribution in [0.15, 0.2) is 19.6 Å². The third-order valence-corrected chi connectivity index (χ3v) is 5.01. The highest BCUT2D eigenvalue weighted by molar-refractivity contribution is 9.13. The normalized spacial score (nSPS) is 20.2. The van der Waals surface area contributed by atoms with E-state index in [4.69, 9.17) is 10.2 Å². The van der Waals surface area contributed by atoms with Crippen molar-refractivity contribution in [2.24, 2.45) is 5.73 Å². The van der Waals surface area contributed by atoms with Crippen LogP contribution in [-0.2, 0) is 0 Å². The maximum absolute atomic E-state index is 5.91. The van der Waals surface area contributed by atoms with E-state index in [1.165, 1.54) is 25.7 Å². The van der Waals surface area contributed by atoms with Gasteiger partial charge in [0, 0.05) is 6.54 Å². The summed E-state index contributed by atoms with van der Waals surface area (Å²) in [5, 5.41) is 0. The van der Waals surface area contributed by atoms with Crippen LogP contribution in [0.2, 0.25) is 0 Å². The summed E-state index contributed by atoms with van der Waals surface area (Å²) < 4.78 is 7.42. The van der Waals surface area contributed by atoms with Gasteiger partial charge in [-0.1, -0.05) is 12.8 Å². The van der Waals surface area contributed by atoms with Gasteiger partial charge in [-0.3, -0.25) is 4.90 Å². The Labute approximate surface area is 119 Å². The summed E-state index contributed by atoms with van der Waals surface area (Å²) in [4.78, 5) is 2.45. The molecule has 5 heteroatoms. The Morgan fingerprint density at radius 1 is 1.24 bits per heavy atom. The molecular formula is C12H18Br2N2O. The van der Waals surface area contributed by atoms with Crippen LogP contribution in [0.5, 0.6) is 0 Å². The summed E-state index contributed by atoms with van der Waals surface area (Å²) in [5.74, 6) is 0.952. The van der Waals surface area contributed by atoms with Crippen molar-refractivity contribution in [1.82, 2.24) is 4.90 Å². The molecule has 1 aliphatic heterocycles. The van der Waals surface area contributed by atoms with Gasteiger partial charge in [0.25, 0.3) is 0 Å². The lowest BCUT2D eigenvalue weighted by Gasteiger charge is -2.27. The molecule has 2 rings (SSSR count). The second-order valence-corrected chi connectivity index (χ2v) is 6.05. The molecule has 0 amide bonds. The molecule has 1 fully saturated rings. The number of likely N-dealkylation sites (tertiary alicyclic amines) is 1. The van der Waals surface area contributed by atoms with Gasteiger partial charge in [-0.2, -0.15) is 0 Å². The van der Waals surface area contributed by atoms with Gasteiger partial charge < -0.3 is 10.2 Å². The summed E-state index contributed by atoms with van der Waals surface area (Å²) in [6.45, 7) is 2.85. The van der Waals surface area contributed by atoms with Crippen molar-refractivity contribution in [3.63, 3.8) is 0 Å². The van der Waals surface area contributed by atoms with E-state index in [-0.39, 0.29) is 6.04 Å². The van der Waals surface area contributed by atoms with Crippen molar-refractivity contribution in [3.8, 4) is 0 Å². The van der Waals surface area contributed by atoms with Crippen molar-refractivity contribution in [3.05, 3.63) is 21.0 Å². The largest absolute Gasteiger partial charge is 0.451 e. The summed E-state index contributed by atoms with van der Waals surface area (Å²) in [5.41, 5.74) is 5.91. The summed E-state index contributed by atoms with van der Waals surface area (Å²) in [6, 6.07) is 2.22. The average molecular weight is 366 g/mol. The highest BCUT2D eigenvalue weighted by atomic mass is 79.9. The van der Waals surface area contributed by atoms with E-state index < -0.39 is 0 Å². The molecule has 96 valence electrons. The molecule has 0 saturated carbocycles. The van der Waals surface area contributed by atoms with Crippen molar-refractivity contribution in [2.75, 3.05) is 19.6 Å². The Kier molecular flexibility index (Phi) is 5.09. The van der Waals surface area contributed by atoms with Crippen LogP contribution in [0.4, 0.5) is 0 Å². The molecule has 0 radical (unpaired) electrons. The van der Waals surface area contributed by atoms with Gasteiger partial charge in [-0.05, 0) is 63.9 Å². The van der Waals surface area contributed by atoms with E-state index >= 15 is 0 Å². The van der Waals surface area contributed by atoms with Crippen molar-refractivity contribution in [2.45, 2.75) is 31.7 Å². The number of rotatable bonds is 3. The standard InChI is InChI=1S/C12H18Br2N2O/c13-9-7-11(17-12(9)14)10(8-15)16-5-3-1-2-4-6-16/h7,10H,1-6,8,15H2. The van der Waals surface area contributed by atoms with Gasteiger partial charge in [-0.15, -0.1) is 0 Å². The number of hydrogen-bond donors (Lipinski definition) is 1. The van der Waals surface area contributed by atoms with Crippen LogP contribution in [-0.4, -0.2) is 24.5 Å². The lowest BCUT2D eigenvalue weighted by Crippen LogP contribution is -2.34. The molecule has 0 aromatic carbocycles. The molecule has 1 aliphatic rings. The minimum absolute atomic E-state index is 0.204. The number of nitrogens with two attached hydrogens (primary N) is 1. The molecule has 1 unspecified atom stereocenters. The molecule has 1 atom stereocenters. The van der Waals surface area contributed by atoms with Gasteiger partial charge in [0.15, 0.2) is 4.67 Å². The van der Waals surface area contributed by atoms with Crippen molar-refractivity contribution < 1.29 is 4.42 Å². The average Bonchev–Trinajstić information content (AvgIpc) is 2.56. The third-order valence-electron chi connectivity index (χ3n) is 3.30. The molecule has 2 N–H and O–H groups in total. The molecule has 1 aromatic rings. The second kappa shape index (κ2) is 6.36. The van der Waals surface area contributed by atoms with Crippen LogP contribution >= 0.6 is 31.9 Å². The zero-order valence-corrected chi connectivity index (χ0v) is 13.0. The lowest BCUT2D eigenvalue weighted by molar-refractivity contribution is 0.184. The zero-order chi connectivity index (χ0) is 12.3. The first-order valence-corrected chi connectivity index (χ1v) is 7.70. The van der Waals surface area contributed by atoms with E-state index in [2.05, 4.69) is 36.8 Å². The smallest absolute Gasteiger partial charge is 0.183 e. The Bertz CT molecular complexity index is 340. The molecule has 0 bridgehead atoms. The van der Waals surface area contributed by atoms with E-state index in [1.807, 2.05) is 6.07 Å². The van der Waals surface area contributed by atoms with E-state index in [0.29, 0.717) is 6.54 Å².